The Morgan fingerprint density at radius 3 is 2.57 bits per heavy atom. The summed E-state index contributed by atoms with van der Waals surface area (Å²) in [6.07, 6.45) is 2.36. The summed E-state index contributed by atoms with van der Waals surface area (Å²) < 4.78 is 12.2. The number of likely N-dealkylation sites (tertiary alicyclic amines) is 1. The average Bonchev–Trinajstić information content (AvgIpc) is 3.52. The van der Waals surface area contributed by atoms with Crippen molar-refractivity contribution < 1.29 is 14.1 Å². The lowest BCUT2D eigenvalue weighted by Crippen LogP contribution is -2.30. The Morgan fingerprint density at radius 1 is 1.11 bits per heavy atom. The second kappa shape index (κ2) is 11.0. The lowest BCUT2D eigenvalue weighted by molar-refractivity contribution is 0.102. The number of anilines is 1. The largest absolute Gasteiger partial charge is 0.491 e. The van der Waals surface area contributed by atoms with Gasteiger partial charge in [-0.15, -0.1) is 0 Å². The third-order valence-corrected chi connectivity index (χ3v) is 7.65. The topological polar surface area (TPSA) is 80.5 Å². The van der Waals surface area contributed by atoms with Crippen LogP contribution in [0.4, 0.5) is 5.69 Å². The maximum Gasteiger partial charge on any atom is 0.255 e. The molecule has 0 spiro atoms. The lowest BCUT2D eigenvalue weighted by atomic mass is 9.97. The van der Waals surface area contributed by atoms with Gasteiger partial charge in [-0.05, 0) is 103 Å². The molecule has 190 valence electrons. The lowest BCUT2D eigenvalue weighted by Gasteiger charge is -2.20. The number of carbonyl (C=O) groups is 1. The molecule has 1 aromatic heterocycles. The molecule has 0 radical (unpaired) electrons. The van der Waals surface area contributed by atoms with Crippen LogP contribution in [0.2, 0.25) is 0 Å². The molecule has 3 aromatic carbocycles. The Morgan fingerprint density at radius 2 is 1.89 bits per heavy atom. The van der Waals surface area contributed by atoms with Crippen molar-refractivity contribution in [1.29, 1.82) is 0 Å². The van der Waals surface area contributed by atoms with E-state index >= 15 is 0 Å². The summed E-state index contributed by atoms with van der Waals surface area (Å²) in [4.78, 5) is 19.6. The number of likely N-dealkylation sites (N-methyl/N-ethyl adjacent to an activating group) is 1. The van der Waals surface area contributed by atoms with E-state index in [0.717, 1.165) is 44.5 Å². The molecule has 1 aliphatic heterocycles. The minimum absolute atomic E-state index is 0.159. The molecule has 5 rings (SSSR count). The van der Waals surface area contributed by atoms with E-state index in [4.69, 9.17) is 9.26 Å². The summed E-state index contributed by atoms with van der Waals surface area (Å²) in [7, 11) is 2.14. The number of ether oxygens (including phenoxy) is 1. The van der Waals surface area contributed by atoms with Crippen molar-refractivity contribution in [1.82, 2.24) is 15.0 Å². The summed E-state index contributed by atoms with van der Waals surface area (Å²) in [5, 5.41) is 7.00. The van der Waals surface area contributed by atoms with Crippen LogP contribution in [0.15, 0.2) is 65.2 Å². The van der Waals surface area contributed by atoms with Gasteiger partial charge in [0.1, 0.15) is 12.4 Å². The molecule has 4 aromatic rings. The van der Waals surface area contributed by atoms with Crippen molar-refractivity contribution in [2.24, 2.45) is 0 Å². The van der Waals surface area contributed by atoms with Crippen LogP contribution in [0.1, 0.15) is 34.7 Å². The fraction of sp³-hybridized carbons (Fsp3) is 0.276. The monoisotopic (exact) mass is 608 g/mol. The predicted octanol–water partition coefficient (Wildman–Crippen LogP) is 6.35. The fourth-order valence-electron chi connectivity index (χ4n) is 4.62. The van der Waals surface area contributed by atoms with Crippen molar-refractivity contribution in [3.63, 3.8) is 0 Å². The van der Waals surface area contributed by atoms with Gasteiger partial charge in [0.15, 0.2) is 0 Å². The van der Waals surface area contributed by atoms with Crippen molar-refractivity contribution >= 4 is 34.2 Å². The van der Waals surface area contributed by atoms with Gasteiger partial charge in [0.05, 0.1) is 3.57 Å². The molecule has 1 unspecified atom stereocenters. The van der Waals surface area contributed by atoms with Gasteiger partial charge in [-0.25, -0.2) is 0 Å². The molecule has 1 amide bonds. The van der Waals surface area contributed by atoms with E-state index in [0.29, 0.717) is 35.6 Å². The van der Waals surface area contributed by atoms with E-state index in [2.05, 4.69) is 50.0 Å². The number of halogens is 1. The maximum absolute atomic E-state index is 13.0. The minimum atomic E-state index is -0.159. The molecule has 0 aliphatic carbocycles. The van der Waals surface area contributed by atoms with Crippen LogP contribution in [0.5, 0.6) is 5.75 Å². The highest BCUT2D eigenvalue weighted by Gasteiger charge is 2.21. The fourth-order valence-corrected chi connectivity index (χ4v) is 5.11. The quantitative estimate of drug-likeness (QED) is 0.247. The highest BCUT2D eigenvalue weighted by molar-refractivity contribution is 14.1. The Kier molecular flexibility index (Phi) is 7.57. The van der Waals surface area contributed by atoms with E-state index in [1.54, 1.807) is 6.92 Å². The molecule has 1 aliphatic rings. The van der Waals surface area contributed by atoms with Gasteiger partial charge < -0.3 is 19.5 Å². The Balaban J connectivity index is 1.25. The second-order valence-corrected chi connectivity index (χ2v) is 10.6. The summed E-state index contributed by atoms with van der Waals surface area (Å²) in [5.74, 6) is 1.75. The Labute approximate surface area is 230 Å². The van der Waals surface area contributed by atoms with E-state index in [1.807, 2.05) is 67.6 Å². The first-order chi connectivity index (χ1) is 17.9. The van der Waals surface area contributed by atoms with Crippen LogP contribution in [-0.4, -0.2) is 47.2 Å². The molecule has 1 atom stereocenters. The van der Waals surface area contributed by atoms with Crippen LogP contribution in [0, 0.1) is 17.4 Å². The van der Waals surface area contributed by atoms with Gasteiger partial charge in [0.25, 0.3) is 5.91 Å². The number of carbonyl (C=O) groups excluding carboxylic acids is 1. The van der Waals surface area contributed by atoms with E-state index in [-0.39, 0.29) is 5.91 Å². The first kappa shape index (κ1) is 25.4. The molecule has 2 heterocycles. The Hall–Kier alpha value is -3.24. The van der Waals surface area contributed by atoms with Gasteiger partial charge >= 0.3 is 0 Å². The zero-order valence-corrected chi connectivity index (χ0v) is 23.3. The number of amides is 1. The number of aromatic nitrogens is 2. The van der Waals surface area contributed by atoms with Gasteiger partial charge in [-0.2, -0.15) is 4.98 Å². The van der Waals surface area contributed by atoms with Gasteiger partial charge in [0, 0.05) is 35.8 Å². The van der Waals surface area contributed by atoms with Crippen LogP contribution < -0.4 is 10.1 Å². The molecule has 7 nitrogen and oxygen atoms in total. The van der Waals surface area contributed by atoms with Gasteiger partial charge in [0.2, 0.25) is 11.7 Å². The van der Waals surface area contributed by atoms with E-state index in [9.17, 15) is 4.79 Å². The standard InChI is InChI=1S/C29H29IN4O3/c1-18-15-22(28-31-19(2)37-33-28)10-12-25(18)20-6-8-21(9-7-20)29(35)32-23-11-13-26(30)27(16-23)36-17-24-5-4-14-34(24)3/h6-13,15-16,24H,4-5,14,17H2,1-3H3,(H,32,35). The number of hydrogen-bond donors (Lipinski definition) is 1. The normalized spacial score (nSPS) is 15.6. The number of rotatable bonds is 7. The van der Waals surface area contributed by atoms with Crippen molar-refractivity contribution in [3.05, 3.63) is 81.3 Å². The molecule has 37 heavy (non-hydrogen) atoms. The number of aryl methyl sites for hydroxylation is 2. The van der Waals surface area contributed by atoms with Crippen LogP contribution in [0.25, 0.3) is 22.5 Å². The van der Waals surface area contributed by atoms with Gasteiger partial charge in [-0.1, -0.05) is 29.4 Å². The van der Waals surface area contributed by atoms with Crippen LogP contribution in [0.3, 0.4) is 0 Å². The molecular weight excluding hydrogens is 579 g/mol. The van der Waals surface area contributed by atoms with Gasteiger partial charge in [-0.3, -0.25) is 4.79 Å². The Bertz CT molecular complexity index is 1420. The minimum Gasteiger partial charge on any atom is -0.491 e. The second-order valence-electron chi connectivity index (χ2n) is 9.43. The molecule has 1 saturated heterocycles. The highest BCUT2D eigenvalue weighted by atomic mass is 127. The van der Waals surface area contributed by atoms with Crippen LogP contribution in [-0.2, 0) is 0 Å². The van der Waals surface area contributed by atoms with Crippen LogP contribution >= 0.6 is 22.6 Å². The zero-order chi connectivity index (χ0) is 25.9. The summed E-state index contributed by atoms with van der Waals surface area (Å²) in [6, 6.07) is 19.9. The molecule has 1 N–H and O–H groups in total. The third-order valence-electron chi connectivity index (χ3n) is 6.76. The first-order valence-electron chi connectivity index (χ1n) is 12.3. The third kappa shape index (κ3) is 5.86. The number of nitrogens with zero attached hydrogens (tertiary/aromatic N) is 3. The number of hydrogen-bond acceptors (Lipinski definition) is 6. The van der Waals surface area contributed by atoms with E-state index in [1.165, 1.54) is 6.42 Å². The first-order valence-corrected chi connectivity index (χ1v) is 13.4. The summed E-state index contributed by atoms with van der Waals surface area (Å²) >= 11 is 2.27. The van der Waals surface area contributed by atoms with Crippen molar-refractivity contribution in [3.8, 4) is 28.3 Å². The SMILES string of the molecule is Cc1nc(-c2ccc(-c3ccc(C(=O)Nc4ccc(I)c(OCC5CCCN5C)c4)cc3)c(C)c2)no1. The zero-order valence-electron chi connectivity index (χ0n) is 21.1. The molecule has 0 saturated carbocycles. The summed E-state index contributed by atoms with van der Waals surface area (Å²) in [5.41, 5.74) is 5.42. The van der Waals surface area contributed by atoms with Crippen molar-refractivity contribution in [2.75, 3.05) is 25.5 Å². The number of nitrogens with one attached hydrogen (secondary N) is 1. The summed E-state index contributed by atoms with van der Waals surface area (Å²) in [6.45, 7) is 5.59. The van der Waals surface area contributed by atoms with E-state index < -0.39 is 0 Å². The number of benzene rings is 3. The smallest absolute Gasteiger partial charge is 0.255 e. The molecule has 0 bridgehead atoms. The molecular formula is C29H29IN4O3. The highest BCUT2D eigenvalue weighted by Crippen LogP contribution is 2.29. The average molecular weight is 608 g/mol. The molecule has 1 fully saturated rings. The predicted molar refractivity (Wildman–Crippen MR) is 153 cm³/mol. The molecule has 8 heteroatoms. The maximum atomic E-state index is 13.0. The van der Waals surface area contributed by atoms with Crippen molar-refractivity contribution in [2.45, 2.75) is 32.7 Å².